The number of nitrogens with one attached hydrogen (secondary N) is 1. The fraction of sp³-hybridized carbons (Fsp3) is 0.105. The van der Waals surface area contributed by atoms with Gasteiger partial charge in [0.05, 0.1) is 11.4 Å². The molecule has 0 bridgehead atoms. The monoisotopic (exact) mass is 376 g/mol. The Bertz CT molecular complexity index is 1100. The van der Waals surface area contributed by atoms with E-state index in [1.165, 1.54) is 18.1 Å². The van der Waals surface area contributed by atoms with E-state index in [4.69, 9.17) is 0 Å². The zero-order valence-corrected chi connectivity index (χ0v) is 15.3. The van der Waals surface area contributed by atoms with E-state index in [0.717, 1.165) is 16.9 Å². The fourth-order valence-corrected chi connectivity index (χ4v) is 3.34. The van der Waals surface area contributed by atoms with Crippen molar-refractivity contribution < 1.29 is 4.79 Å². The van der Waals surface area contributed by atoms with Crippen LogP contribution in [0.25, 0.3) is 16.9 Å². The van der Waals surface area contributed by atoms with Gasteiger partial charge in [-0.25, -0.2) is 9.97 Å². The van der Waals surface area contributed by atoms with Crippen molar-refractivity contribution in [3.63, 3.8) is 0 Å². The number of carbonyl (C=O) groups is 1. The highest BCUT2D eigenvalue weighted by atomic mass is 32.2. The normalized spacial score (nSPS) is 10.9. The quantitative estimate of drug-likeness (QED) is 0.425. The Labute approximate surface area is 159 Å². The third-order valence-corrected chi connectivity index (χ3v) is 4.94. The fourth-order valence-electron chi connectivity index (χ4n) is 2.61. The molecule has 4 rings (SSSR count). The Morgan fingerprint density at radius 1 is 1.07 bits per heavy atom. The van der Waals surface area contributed by atoms with Crippen LogP contribution in [0, 0.1) is 6.92 Å². The Hall–Kier alpha value is -3.26. The Morgan fingerprint density at radius 3 is 2.67 bits per heavy atom. The molecule has 1 N–H and O–H groups in total. The van der Waals surface area contributed by atoms with Gasteiger partial charge >= 0.3 is 0 Å². The minimum absolute atomic E-state index is 0.100. The topological polar surface area (TPSA) is 85.6 Å². The second-order valence-electron chi connectivity index (χ2n) is 5.84. The van der Waals surface area contributed by atoms with Gasteiger partial charge in [-0.2, -0.15) is 4.68 Å². The summed E-state index contributed by atoms with van der Waals surface area (Å²) in [5.41, 5.74) is 3.89. The van der Waals surface area contributed by atoms with Crippen LogP contribution >= 0.6 is 11.8 Å². The third-order valence-electron chi connectivity index (χ3n) is 3.96. The lowest BCUT2D eigenvalue weighted by molar-refractivity contribution is -0.113. The summed E-state index contributed by atoms with van der Waals surface area (Å²) in [6.45, 7) is 1.96. The highest BCUT2D eigenvalue weighted by molar-refractivity contribution is 8.00. The van der Waals surface area contributed by atoms with E-state index in [9.17, 15) is 4.79 Å². The van der Waals surface area contributed by atoms with Crippen molar-refractivity contribution in [1.82, 2.24) is 25.0 Å². The van der Waals surface area contributed by atoms with Crippen LogP contribution in [0.1, 0.15) is 5.56 Å². The van der Waals surface area contributed by atoms with Gasteiger partial charge in [-0.1, -0.05) is 53.4 Å². The minimum Gasteiger partial charge on any atom is -0.325 e. The van der Waals surface area contributed by atoms with Crippen LogP contribution < -0.4 is 5.32 Å². The largest absolute Gasteiger partial charge is 0.325 e. The Balaban J connectivity index is 1.52. The molecule has 0 radical (unpaired) electrons. The summed E-state index contributed by atoms with van der Waals surface area (Å²) in [6.07, 6.45) is 1.46. The molecule has 0 aliphatic rings. The summed E-state index contributed by atoms with van der Waals surface area (Å²) in [7, 11) is 0. The molecular formula is C19H16N6OS. The average Bonchev–Trinajstić information content (AvgIpc) is 3.13. The molecule has 0 fully saturated rings. The molecule has 2 aromatic heterocycles. The Morgan fingerprint density at radius 2 is 1.85 bits per heavy atom. The molecule has 0 saturated carbocycles. The minimum atomic E-state index is -0.100. The predicted molar refractivity (Wildman–Crippen MR) is 105 cm³/mol. The van der Waals surface area contributed by atoms with E-state index in [1.54, 1.807) is 4.68 Å². The number of carbonyl (C=O) groups excluding carboxylic acids is 1. The number of hydrogen-bond acceptors (Lipinski definition) is 6. The summed E-state index contributed by atoms with van der Waals surface area (Å²) < 4.78 is 1.66. The molecule has 8 heteroatoms. The first-order valence-electron chi connectivity index (χ1n) is 8.32. The van der Waals surface area contributed by atoms with Gasteiger partial charge in [0.25, 0.3) is 0 Å². The number of hydrogen-bond donors (Lipinski definition) is 1. The summed E-state index contributed by atoms with van der Waals surface area (Å²) in [5, 5.41) is 11.9. The SMILES string of the molecule is Cc1ccccc1NC(=O)CSc1ncnc2c1nnn2-c1ccccc1. The highest BCUT2D eigenvalue weighted by Gasteiger charge is 2.14. The van der Waals surface area contributed by atoms with Gasteiger partial charge in [0, 0.05) is 5.69 Å². The third kappa shape index (κ3) is 3.65. The maximum absolute atomic E-state index is 12.3. The van der Waals surface area contributed by atoms with E-state index in [1.807, 2.05) is 61.5 Å². The molecule has 2 aromatic carbocycles. The van der Waals surface area contributed by atoms with Crippen molar-refractivity contribution in [2.24, 2.45) is 0 Å². The van der Waals surface area contributed by atoms with Gasteiger partial charge in [-0.15, -0.1) is 5.10 Å². The average molecular weight is 376 g/mol. The van der Waals surface area contributed by atoms with E-state index >= 15 is 0 Å². The molecule has 4 aromatic rings. The Kier molecular flexibility index (Phi) is 4.80. The summed E-state index contributed by atoms with van der Waals surface area (Å²) >= 11 is 1.31. The molecule has 0 aliphatic carbocycles. The first-order chi connectivity index (χ1) is 13.2. The van der Waals surface area contributed by atoms with Crippen LogP contribution in [0.3, 0.4) is 0 Å². The van der Waals surface area contributed by atoms with E-state index in [2.05, 4.69) is 25.6 Å². The van der Waals surface area contributed by atoms with Crippen molar-refractivity contribution in [2.45, 2.75) is 11.9 Å². The molecule has 134 valence electrons. The van der Waals surface area contributed by atoms with Crippen molar-refractivity contribution >= 4 is 34.5 Å². The first-order valence-corrected chi connectivity index (χ1v) is 9.31. The van der Waals surface area contributed by atoms with Crippen LogP contribution in [-0.4, -0.2) is 36.6 Å². The lowest BCUT2D eigenvalue weighted by Gasteiger charge is -2.07. The maximum Gasteiger partial charge on any atom is 0.234 e. The van der Waals surface area contributed by atoms with Gasteiger partial charge in [-0.05, 0) is 30.7 Å². The van der Waals surface area contributed by atoms with Gasteiger partial charge in [-0.3, -0.25) is 4.79 Å². The number of benzene rings is 2. The number of thioether (sulfide) groups is 1. The number of nitrogens with zero attached hydrogens (tertiary/aromatic N) is 5. The number of rotatable bonds is 5. The predicted octanol–water partition coefficient (Wildman–Crippen LogP) is 3.25. The van der Waals surface area contributed by atoms with Gasteiger partial charge < -0.3 is 5.32 Å². The molecule has 0 saturated heterocycles. The molecular weight excluding hydrogens is 360 g/mol. The molecule has 27 heavy (non-hydrogen) atoms. The van der Waals surface area contributed by atoms with Crippen LogP contribution in [0.2, 0.25) is 0 Å². The molecule has 7 nitrogen and oxygen atoms in total. The van der Waals surface area contributed by atoms with E-state index in [0.29, 0.717) is 16.2 Å². The highest BCUT2D eigenvalue weighted by Crippen LogP contribution is 2.24. The number of aromatic nitrogens is 5. The second-order valence-corrected chi connectivity index (χ2v) is 6.80. The summed E-state index contributed by atoms with van der Waals surface area (Å²) in [5.74, 6) is 0.120. The maximum atomic E-state index is 12.3. The molecule has 1 amide bonds. The van der Waals surface area contributed by atoms with Crippen LogP contribution in [0.5, 0.6) is 0 Å². The van der Waals surface area contributed by atoms with Gasteiger partial charge in [0.15, 0.2) is 11.2 Å². The molecule has 0 aliphatic heterocycles. The lowest BCUT2D eigenvalue weighted by Crippen LogP contribution is -2.14. The van der Waals surface area contributed by atoms with Crippen molar-refractivity contribution in [2.75, 3.05) is 11.1 Å². The van der Waals surface area contributed by atoms with Crippen molar-refractivity contribution in [3.05, 3.63) is 66.5 Å². The van der Waals surface area contributed by atoms with Gasteiger partial charge in [0.1, 0.15) is 11.4 Å². The number of fused-ring (bicyclic) bond motifs is 1. The molecule has 0 atom stereocenters. The van der Waals surface area contributed by atoms with Gasteiger partial charge in [0.2, 0.25) is 5.91 Å². The van der Waals surface area contributed by atoms with Crippen molar-refractivity contribution in [3.8, 4) is 5.69 Å². The smallest absolute Gasteiger partial charge is 0.234 e. The number of aryl methyl sites for hydroxylation is 1. The zero-order valence-electron chi connectivity index (χ0n) is 14.5. The van der Waals surface area contributed by atoms with E-state index in [-0.39, 0.29) is 11.7 Å². The molecule has 0 unspecified atom stereocenters. The molecule has 2 heterocycles. The van der Waals surface area contributed by atoms with Crippen molar-refractivity contribution in [1.29, 1.82) is 0 Å². The summed E-state index contributed by atoms with van der Waals surface area (Å²) in [6, 6.07) is 17.3. The van der Waals surface area contributed by atoms with Crippen LogP contribution in [0.15, 0.2) is 66.0 Å². The van der Waals surface area contributed by atoms with Crippen LogP contribution in [0.4, 0.5) is 5.69 Å². The summed E-state index contributed by atoms with van der Waals surface area (Å²) in [4.78, 5) is 20.8. The van der Waals surface area contributed by atoms with Crippen LogP contribution in [-0.2, 0) is 4.79 Å². The standard InChI is InChI=1S/C19H16N6OS/c1-13-7-5-6-10-15(13)22-16(26)11-27-19-17-18(20-12-21-19)25(24-23-17)14-8-3-2-4-9-14/h2-10,12H,11H2,1H3,(H,22,26). The number of para-hydroxylation sites is 2. The zero-order chi connectivity index (χ0) is 18.6. The molecule has 0 spiro atoms. The first kappa shape index (κ1) is 17.2. The number of amides is 1. The number of anilines is 1. The lowest BCUT2D eigenvalue weighted by atomic mass is 10.2. The second kappa shape index (κ2) is 7.55. The van der Waals surface area contributed by atoms with E-state index < -0.39 is 0 Å².